The quantitative estimate of drug-likeness (QED) is 0.887. The Labute approximate surface area is 152 Å². The number of halogens is 1. The van der Waals surface area contributed by atoms with Crippen molar-refractivity contribution in [2.75, 3.05) is 6.54 Å². The Bertz CT molecular complexity index is 846. The molecule has 1 fully saturated rings. The molecule has 3 rings (SSSR count). The summed E-state index contributed by atoms with van der Waals surface area (Å²) >= 11 is 0. The van der Waals surface area contributed by atoms with Crippen LogP contribution in [0.5, 0.6) is 0 Å². The fraction of sp³-hybridized carbons (Fsp3) is 0.421. The number of likely N-dealkylation sites (tertiary alicyclic amines) is 1. The lowest BCUT2D eigenvalue weighted by Gasteiger charge is -2.17. The molecule has 7 heteroatoms. The molecular weight excluding hydrogens is 335 g/mol. The van der Waals surface area contributed by atoms with E-state index in [4.69, 9.17) is 0 Å². The van der Waals surface area contributed by atoms with Gasteiger partial charge in [0, 0.05) is 25.2 Å². The van der Waals surface area contributed by atoms with Crippen molar-refractivity contribution in [2.45, 2.75) is 46.3 Å². The van der Waals surface area contributed by atoms with Crippen molar-refractivity contribution in [1.29, 1.82) is 0 Å². The molecule has 1 N–H and O–H groups in total. The molecule has 2 heterocycles. The van der Waals surface area contributed by atoms with Gasteiger partial charge >= 0.3 is 0 Å². The van der Waals surface area contributed by atoms with Crippen molar-refractivity contribution in [3.8, 4) is 0 Å². The Kier molecular flexibility index (Phi) is 5.06. The van der Waals surface area contributed by atoms with Crippen molar-refractivity contribution < 1.29 is 14.0 Å². The highest BCUT2D eigenvalue weighted by molar-refractivity contribution is 5.82. The summed E-state index contributed by atoms with van der Waals surface area (Å²) in [4.78, 5) is 26.1. The maximum atomic E-state index is 13.3. The summed E-state index contributed by atoms with van der Waals surface area (Å²) in [6, 6.07) is 5.97. The summed E-state index contributed by atoms with van der Waals surface area (Å²) < 4.78 is 15.0. The Morgan fingerprint density at radius 1 is 1.35 bits per heavy atom. The fourth-order valence-corrected chi connectivity index (χ4v) is 3.23. The average molecular weight is 358 g/mol. The number of amides is 2. The van der Waals surface area contributed by atoms with Gasteiger partial charge in [-0.25, -0.2) is 4.39 Å². The SMILES string of the molecule is Cc1nn(CC(=O)N[C@H]2CC(=O)N(Cc3cccc(F)c3)C2)c(C)c1C. The number of nitrogens with zero attached hydrogens (tertiary/aromatic N) is 3. The van der Waals surface area contributed by atoms with E-state index in [2.05, 4.69) is 10.4 Å². The van der Waals surface area contributed by atoms with Gasteiger partial charge in [0.25, 0.3) is 0 Å². The van der Waals surface area contributed by atoms with Crippen LogP contribution in [0.4, 0.5) is 4.39 Å². The third kappa shape index (κ3) is 3.92. The molecule has 2 amide bonds. The molecule has 1 aromatic heterocycles. The third-order valence-corrected chi connectivity index (χ3v) is 4.88. The summed E-state index contributed by atoms with van der Waals surface area (Å²) in [5.74, 6) is -0.526. The predicted molar refractivity (Wildman–Crippen MR) is 94.8 cm³/mol. The van der Waals surface area contributed by atoms with E-state index in [1.165, 1.54) is 12.1 Å². The molecular formula is C19H23FN4O2. The molecule has 138 valence electrons. The number of hydrogen-bond acceptors (Lipinski definition) is 3. The van der Waals surface area contributed by atoms with Crippen LogP contribution in [0.25, 0.3) is 0 Å². The van der Waals surface area contributed by atoms with Crippen LogP contribution >= 0.6 is 0 Å². The van der Waals surface area contributed by atoms with Crippen LogP contribution in [0.15, 0.2) is 24.3 Å². The van der Waals surface area contributed by atoms with Gasteiger partial charge in [-0.1, -0.05) is 12.1 Å². The number of carbonyl (C=O) groups excluding carboxylic acids is 2. The number of rotatable bonds is 5. The Hall–Kier alpha value is -2.70. The molecule has 2 aromatic rings. The van der Waals surface area contributed by atoms with Gasteiger partial charge in [-0.05, 0) is 44.0 Å². The fourth-order valence-electron chi connectivity index (χ4n) is 3.23. The van der Waals surface area contributed by atoms with Crippen molar-refractivity contribution in [3.05, 3.63) is 52.6 Å². The van der Waals surface area contributed by atoms with Gasteiger partial charge in [-0.2, -0.15) is 5.10 Å². The summed E-state index contributed by atoms with van der Waals surface area (Å²) in [6.45, 7) is 6.73. The van der Waals surface area contributed by atoms with E-state index in [0.717, 1.165) is 22.5 Å². The number of nitrogens with one attached hydrogen (secondary N) is 1. The van der Waals surface area contributed by atoms with Crippen LogP contribution in [-0.2, 0) is 22.7 Å². The van der Waals surface area contributed by atoms with Gasteiger partial charge in [0.1, 0.15) is 12.4 Å². The molecule has 0 radical (unpaired) electrons. The monoisotopic (exact) mass is 358 g/mol. The number of aromatic nitrogens is 2. The van der Waals surface area contributed by atoms with Gasteiger partial charge in [0.05, 0.1) is 11.7 Å². The lowest BCUT2D eigenvalue weighted by molar-refractivity contribution is -0.128. The highest BCUT2D eigenvalue weighted by Crippen LogP contribution is 2.16. The molecule has 0 aliphatic carbocycles. The zero-order chi connectivity index (χ0) is 18.8. The molecule has 1 atom stereocenters. The molecule has 1 saturated heterocycles. The molecule has 0 bridgehead atoms. The van der Waals surface area contributed by atoms with Crippen LogP contribution in [0.1, 0.15) is 28.9 Å². The lowest BCUT2D eigenvalue weighted by atomic mass is 10.2. The van der Waals surface area contributed by atoms with Crippen LogP contribution in [-0.4, -0.2) is 39.1 Å². The topological polar surface area (TPSA) is 67.2 Å². The second-order valence-electron chi connectivity index (χ2n) is 6.83. The van der Waals surface area contributed by atoms with Gasteiger partial charge in [0.15, 0.2) is 0 Å². The normalized spacial score (nSPS) is 17.0. The van der Waals surface area contributed by atoms with E-state index < -0.39 is 0 Å². The van der Waals surface area contributed by atoms with Crippen molar-refractivity contribution in [1.82, 2.24) is 20.0 Å². The van der Waals surface area contributed by atoms with Crippen LogP contribution in [0.3, 0.4) is 0 Å². The van der Waals surface area contributed by atoms with Crippen molar-refractivity contribution in [2.24, 2.45) is 0 Å². The first kappa shape index (κ1) is 18.1. The number of benzene rings is 1. The maximum absolute atomic E-state index is 13.3. The van der Waals surface area contributed by atoms with E-state index in [1.54, 1.807) is 21.7 Å². The van der Waals surface area contributed by atoms with Gasteiger partial charge in [-0.15, -0.1) is 0 Å². The Balaban J connectivity index is 1.56. The van der Waals surface area contributed by atoms with E-state index >= 15 is 0 Å². The average Bonchev–Trinajstić information content (AvgIpc) is 3.02. The van der Waals surface area contributed by atoms with E-state index in [1.807, 2.05) is 20.8 Å². The zero-order valence-electron chi connectivity index (χ0n) is 15.3. The first-order valence-electron chi connectivity index (χ1n) is 8.65. The summed E-state index contributed by atoms with van der Waals surface area (Å²) in [5.41, 5.74) is 3.69. The smallest absolute Gasteiger partial charge is 0.242 e. The van der Waals surface area contributed by atoms with Gasteiger partial charge in [0.2, 0.25) is 11.8 Å². The Morgan fingerprint density at radius 2 is 2.12 bits per heavy atom. The van der Waals surface area contributed by atoms with Crippen LogP contribution in [0.2, 0.25) is 0 Å². The zero-order valence-corrected chi connectivity index (χ0v) is 15.3. The molecule has 0 spiro atoms. The number of hydrogen-bond donors (Lipinski definition) is 1. The molecule has 1 aliphatic heterocycles. The predicted octanol–water partition coefficient (Wildman–Crippen LogP) is 1.86. The molecule has 26 heavy (non-hydrogen) atoms. The van der Waals surface area contributed by atoms with E-state index in [9.17, 15) is 14.0 Å². The van der Waals surface area contributed by atoms with E-state index in [0.29, 0.717) is 13.1 Å². The van der Waals surface area contributed by atoms with Gasteiger partial charge < -0.3 is 10.2 Å². The number of carbonyl (C=O) groups is 2. The second kappa shape index (κ2) is 7.27. The molecule has 1 aromatic carbocycles. The molecule has 0 saturated carbocycles. The van der Waals surface area contributed by atoms with Crippen molar-refractivity contribution >= 4 is 11.8 Å². The number of aryl methyl sites for hydroxylation is 1. The second-order valence-corrected chi connectivity index (χ2v) is 6.83. The Morgan fingerprint density at radius 3 is 2.77 bits per heavy atom. The largest absolute Gasteiger partial charge is 0.349 e. The minimum Gasteiger partial charge on any atom is -0.349 e. The van der Waals surface area contributed by atoms with E-state index in [-0.39, 0.29) is 36.6 Å². The minimum absolute atomic E-state index is 0.0403. The first-order chi connectivity index (χ1) is 12.3. The third-order valence-electron chi connectivity index (χ3n) is 4.88. The molecule has 0 unspecified atom stereocenters. The van der Waals surface area contributed by atoms with Crippen LogP contribution < -0.4 is 5.32 Å². The summed E-state index contributed by atoms with van der Waals surface area (Å²) in [5, 5.41) is 7.27. The summed E-state index contributed by atoms with van der Waals surface area (Å²) in [7, 11) is 0. The minimum atomic E-state index is -0.320. The van der Waals surface area contributed by atoms with Gasteiger partial charge in [-0.3, -0.25) is 14.3 Å². The highest BCUT2D eigenvalue weighted by atomic mass is 19.1. The molecule has 1 aliphatic rings. The standard InChI is InChI=1S/C19H23FN4O2/c1-12-13(2)22-24(14(12)3)11-18(25)21-17-8-19(26)23(10-17)9-15-5-4-6-16(20)7-15/h4-7,17H,8-11H2,1-3H3,(H,21,25)/t17-/m0/s1. The van der Waals surface area contributed by atoms with Crippen LogP contribution in [0, 0.1) is 26.6 Å². The highest BCUT2D eigenvalue weighted by Gasteiger charge is 2.30. The van der Waals surface area contributed by atoms with Crippen molar-refractivity contribution in [3.63, 3.8) is 0 Å². The maximum Gasteiger partial charge on any atom is 0.242 e. The first-order valence-corrected chi connectivity index (χ1v) is 8.65. The lowest BCUT2D eigenvalue weighted by Crippen LogP contribution is -2.39. The summed E-state index contributed by atoms with van der Waals surface area (Å²) in [6.07, 6.45) is 0.261. The molecule has 6 nitrogen and oxygen atoms in total.